The van der Waals surface area contributed by atoms with E-state index in [1.54, 1.807) is 43.6 Å². The summed E-state index contributed by atoms with van der Waals surface area (Å²) in [6.07, 6.45) is 2.96. The van der Waals surface area contributed by atoms with Crippen LogP contribution in [0.25, 0.3) is 10.9 Å². The summed E-state index contributed by atoms with van der Waals surface area (Å²) < 4.78 is 16.7. The van der Waals surface area contributed by atoms with Crippen LogP contribution in [0.1, 0.15) is 12.1 Å². The number of nitrogens with one attached hydrogen (secondary N) is 2. The third-order valence-electron chi connectivity index (χ3n) is 6.42. The summed E-state index contributed by atoms with van der Waals surface area (Å²) >= 11 is 6.47. The predicted octanol–water partition coefficient (Wildman–Crippen LogP) is 5.31. The number of ether oxygens (including phenoxy) is 3. The molecular formula is C29H27ClN6O5. The number of benzene rings is 2. The lowest BCUT2D eigenvalue weighted by molar-refractivity contribution is -0.132. The van der Waals surface area contributed by atoms with Crippen LogP contribution in [0.4, 0.5) is 22.0 Å². The molecule has 0 spiro atoms. The smallest absolute Gasteiger partial charge is 0.413 e. The molecule has 0 radical (unpaired) electrons. The van der Waals surface area contributed by atoms with Gasteiger partial charge in [-0.2, -0.15) is 0 Å². The van der Waals surface area contributed by atoms with Crippen molar-refractivity contribution in [3.63, 3.8) is 0 Å². The Hall–Kier alpha value is -4.74. The number of rotatable bonds is 9. The second kappa shape index (κ2) is 12.6. The van der Waals surface area contributed by atoms with Crippen molar-refractivity contribution >= 4 is 51.7 Å². The van der Waals surface area contributed by atoms with Gasteiger partial charge in [0.15, 0.2) is 6.23 Å². The van der Waals surface area contributed by atoms with Crippen molar-refractivity contribution in [3.05, 3.63) is 90.5 Å². The number of methoxy groups -OCH3 is 1. The highest BCUT2D eigenvalue weighted by Gasteiger charge is 2.37. The largest absolute Gasteiger partial charge is 0.486 e. The van der Waals surface area contributed by atoms with Crippen LogP contribution in [0.15, 0.2) is 79.8 Å². The highest BCUT2D eigenvalue weighted by atomic mass is 35.5. The monoisotopic (exact) mass is 574 g/mol. The molecule has 1 fully saturated rings. The number of carbonyl (C=O) groups excluding carboxylic acids is 2. The maximum atomic E-state index is 12.7. The third-order valence-corrected chi connectivity index (χ3v) is 6.72. The Balaban J connectivity index is 1.27. The van der Waals surface area contributed by atoms with Gasteiger partial charge in [-0.25, -0.2) is 14.8 Å². The van der Waals surface area contributed by atoms with Gasteiger partial charge in [-0.1, -0.05) is 24.2 Å². The molecule has 11 nitrogen and oxygen atoms in total. The van der Waals surface area contributed by atoms with Crippen molar-refractivity contribution in [1.29, 1.82) is 0 Å². The van der Waals surface area contributed by atoms with Crippen LogP contribution in [0.3, 0.4) is 0 Å². The van der Waals surface area contributed by atoms with Crippen molar-refractivity contribution in [2.24, 2.45) is 0 Å². The maximum absolute atomic E-state index is 12.7. The van der Waals surface area contributed by atoms with Crippen molar-refractivity contribution < 1.29 is 23.8 Å². The molecule has 2 amide bonds. The maximum Gasteiger partial charge on any atom is 0.413 e. The van der Waals surface area contributed by atoms with Crippen LogP contribution in [-0.2, 0) is 20.9 Å². The van der Waals surface area contributed by atoms with Gasteiger partial charge in [0.2, 0.25) is 5.91 Å². The molecule has 5 rings (SSSR count). The minimum atomic E-state index is -0.771. The quantitative estimate of drug-likeness (QED) is 0.256. The van der Waals surface area contributed by atoms with E-state index in [4.69, 9.17) is 25.8 Å². The van der Waals surface area contributed by atoms with Crippen molar-refractivity contribution in [3.8, 4) is 5.75 Å². The number of pyridine rings is 1. The highest BCUT2D eigenvalue weighted by Crippen LogP contribution is 2.31. The van der Waals surface area contributed by atoms with Gasteiger partial charge in [0.1, 0.15) is 24.5 Å². The highest BCUT2D eigenvalue weighted by molar-refractivity contribution is 6.32. The zero-order valence-electron chi connectivity index (χ0n) is 22.1. The van der Waals surface area contributed by atoms with Crippen molar-refractivity contribution in [2.75, 3.05) is 24.3 Å². The normalized spacial score (nSPS) is 16.3. The Kier molecular flexibility index (Phi) is 8.56. The van der Waals surface area contributed by atoms with Crippen LogP contribution < -0.4 is 15.4 Å². The topological polar surface area (TPSA) is 128 Å². The average Bonchev–Trinajstić information content (AvgIpc) is 3.39. The third kappa shape index (κ3) is 6.71. The van der Waals surface area contributed by atoms with Gasteiger partial charge in [-0.05, 0) is 54.6 Å². The van der Waals surface area contributed by atoms with Gasteiger partial charge in [-0.15, -0.1) is 0 Å². The van der Waals surface area contributed by atoms with Crippen molar-refractivity contribution in [1.82, 2.24) is 19.9 Å². The number of carbonyl (C=O) groups is 2. The number of aromatic nitrogens is 3. The van der Waals surface area contributed by atoms with Gasteiger partial charge in [0, 0.05) is 36.5 Å². The number of nitrogens with zero attached hydrogens (tertiary/aromatic N) is 4. The lowest BCUT2D eigenvalue weighted by Gasteiger charge is -2.22. The van der Waals surface area contributed by atoms with E-state index in [0.717, 1.165) is 5.69 Å². The first-order valence-corrected chi connectivity index (χ1v) is 13.1. The molecule has 2 aromatic carbocycles. The van der Waals surface area contributed by atoms with Gasteiger partial charge < -0.3 is 24.4 Å². The van der Waals surface area contributed by atoms with Gasteiger partial charge in [0.05, 0.1) is 28.9 Å². The second-order valence-corrected chi connectivity index (χ2v) is 9.51. The minimum Gasteiger partial charge on any atom is -0.486 e. The lowest BCUT2D eigenvalue weighted by Crippen LogP contribution is -2.38. The predicted molar refractivity (Wildman–Crippen MR) is 154 cm³/mol. The van der Waals surface area contributed by atoms with Gasteiger partial charge >= 0.3 is 6.09 Å². The van der Waals surface area contributed by atoms with Crippen LogP contribution in [0.2, 0.25) is 5.02 Å². The zero-order valence-corrected chi connectivity index (χ0v) is 22.9. The summed E-state index contributed by atoms with van der Waals surface area (Å²) in [5.41, 5.74) is 2.58. The fourth-order valence-electron chi connectivity index (χ4n) is 4.37. The molecule has 12 heteroatoms. The summed E-state index contributed by atoms with van der Waals surface area (Å²) in [5, 5.41) is 7.03. The number of halogens is 1. The molecule has 2 aromatic heterocycles. The molecule has 0 saturated carbocycles. The molecule has 4 aromatic rings. The SMILES string of the molecule is C=CC(=O)N1C[C@H](OC)C[C@@H]1OC(=O)Nc1ccc2ncnc(Nc3ccc(OCc4ccccn4)c(Cl)c3)c2c1. The van der Waals surface area contributed by atoms with Crippen LogP contribution in [-0.4, -0.2) is 57.8 Å². The zero-order chi connectivity index (χ0) is 28.8. The molecule has 1 aliphatic heterocycles. The number of hydrogen-bond acceptors (Lipinski definition) is 9. The van der Waals surface area contributed by atoms with E-state index in [9.17, 15) is 9.59 Å². The first-order chi connectivity index (χ1) is 19.9. The summed E-state index contributed by atoms with van der Waals surface area (Å²) in [6.45, 7) is 4.11. The van der Waals surface area contributed by atoms with E-state index in [1.165, 1.54) is 17.3 Å². The van der Waals surface area contributed by atoms with Crippen LogP contribution in [0, 0.1) is 0 Å². The molecule has 0 aliphatic carbocycles. The van der Waals surface area contributed by atoms with E-state index in [0.29, 0.717) is 58.4 Å². The lowest BCUT2D eigenvalue weighted by atomic mass is 10.2. The Morgan fingerprint density at radius 2 is 1.98 bits per heavy atom. The first-order valence-electron chi connectivity index (χ1n) is 12.7. The van der Waals surface area contributed by atoms with Crippen LogP contribution >= 0.6 is 11.6 Å². The Morgan fingerprint density at radius 1 is 1.12 bits per heavy atom. The fourth-order valence-corrected chi connectivity index (χ4v) is 4.60. The number of amides is 2. The fraction of sp³-hybridized carbons (Fsp3) is 0.207. The van der Waals surface area contributed by atoms with Crippen molar-refractivity contribution in [2.45, 2.75) is 25.4 Å². The summed E-state index contributed by atoms with van der Waals surface area (Å²) in [4.78, 5) is 39.3. The summed E-state index contributed by atoms with van der Waals surface area (Å²) in [6, 6.07) is 16.1. The number of fused-ring (bicyclic) bond motifs is 1. The Bertz CT molecular complexity index is 1570. The Morgan fingerprint density at radius 3 is 2.73 bits per heavy atom. The van der Waals surface area contributed by atoms with E-state index in [1.807, 2.05) is 24.3 Å². The molecule has 0 bridgehead atoms. The number of anilines is 3. The molecule has 1 aliphatic rings. The number of hydrogen-bond donors (Lipinski definition) is 2. The molecule has 2 atom stereocenters. The van der Waals surface area contributed by atoms with E-state index in [2.05, 4.69) is 32.2 Å². The average molecular weight is 575 g/mol. The molecule has 2 N–H and O–H groups in total. The summed E-state index contributed by atoms with van der Waals surface area (Å²) in [7, 11) is 1.55. The molecule has 1 saturated heterocycles. The molecule has 41 heavy (non-hydrogen) atoms. The standard InChI is InChI=1S/C29H27ClN6O5/c1-3-26(37)36-15-21(39-2)14-27(36)41-29(38)35-18-7-9-24-22(12-18)28(33-17-32-24)34-19-8-10-25(23(30)13-19)40-16-20-6-4-5-11-31-20/h3-13,17,21,27H,1,14-16H2,2H3,(H,35,38)(H,32,33,34)/t21-,27+/m1/s1. The number of likely N-dealkylation sites (tertiary alicyclic amines) is 1. The Labute approximate surface area is 241 Å². The molecule has 210 valence electrons. The van der Waals surface area contributed by atoms with Crippen LogP contribution in [0.5, 0.6) is 5.75 Å². The molecule has 3 heterocycles. The van der Waals surface area contributed by atoms with E-state index >= 15 is 0 Å². The second-order valence-electron chi connectivity index (χ2n) is 9.11. The van der Waals surface area contributed by atoms with E-state index < -0.39 is 12.3 Å². The first kappa shape index (κ1) is 27.8. The summed E-state index contributed by atoms with van der Waals surface area (Å²) in [5.74, 6) is 0.688. The minimum absolute atomic E-state index is 0.238. The molecular weight excluding hydrogens is 548 g/mol. The van der Waals surface area contributed by atoms with Gasteiger partial charge in [0.25, 0.3) is 0 Å². The van der Waals surface area contributed by atoms with E-state index in [-0.39, 0.29) is 12.0 Å². The van der Waals surface area contributed by atoms with Gasteiger partial charge in [-0.3, -0.25) is 15.1 Å². The molecule has 0 unspecified atom stereocenters.